The molecule has 0 spiro atoms. The van der Waals surface area contributed by atoms with E-state index in [0.29, 0.717) is 4.47 Å². The number of Topliss-reactive ketones (excluding diaryl/α,β-unsaturated/α-hetero) is 1. The summed E-state index contributed by atoms with van der Waals surface area (Å²) in [7, 11) is 0. The predicted molar refractivity (Wildman–Crippen MR) is 72.7 cm³/mol. The normalized spacial score (nSPS) is 23.9. The van der Waals surface area contributed by atoms with Gasteiger partial charge in [0.25, 0.3) is 0 Å². The standard InChI is InChI=1S/C14H17BrFNO/c15-14-10(4-2-6-12(14)16)8-13(18)9-3-1-5-11(17)7-9/h2,4,6,9,11H,1,3,5,7-8,17H2. The number of benzene rings is 1. The van der Waals surface area contributed by atoms with Gasteiger partial charge in [-0.15, -0.1) is 0 Å². The van der Waals surface area contributed by atoms with Crippen LogP contribution in [0, 0.1) is 11.7 Å². The van der Waals surface area contributed by atoms with Crippen molar-refractivity contribution >= 4 is 21.7 Å². The Bertz CT molecular complexity index is 449. The molecule has 0 aliphatic heterocycles. The Kier molecular flexibility index (Phi) is 4.51. The van der Waals surface area contributed by atoms with E-state index >= 15 is 0 Å². The van der Waals surface area contributed by atoms with Crippen LogP contribution in [-0.4, -0.2) is 11.8 Å². The maximum atomic E-state index is 13.4. The fourth-order valence-electron chi connectivity index (χ4n) is 2.54. The molecular weight excluding hydrogens is 297 g/mol. The maximum absolute atomic E-state index is 13.4. The highest BCUT2D eigenvalue weighted by Crippen LogP contribution is 2.27. The minimum Gasteiger partial charge on any atom is -0.328 e. The van der Waals surface area contributed by atoms with Gasteiger partial charge in [-0.25, -0.2) is 4.39 Å². The number of hydrogen-bond donors (Lipinski definition) is 1. The summed E-state index contributed by atoms with van der Waals surface area (Å²) >= 11 is 3.19. The lowest BCUT2D eigenvalue weighted by Gasteiger charge is -2.25. The van der Waals surface area contributed by atoms with Crippen LogP contribution in [0.5, 0.6) is 0 Å². The van der Waals surface area contributed by atoms with Crippen molar-refractivity contribution in [2.24, 2.45) is 11.7 Å². The highest BCUT2D eigenvalue weighted by atomic mass is 79.9. The van der Waals surface area contributed by atoms with Crippen molar-refractivity contribution in [1.29, 1.82) is 0 Å². The van der Waals surface area contributed by atoms with E-state index in [9.17, 15) is 9.18 Å². The summed E-state index contributed by atoms with van der Waals surface area (Å²) in [6.45, 7) is 0. The highest BCUT2D eigenvalue weighted by Gasteiger charge is 2.25. The molecule has 2 nitrogen and oxygen atoms in total. The molecule has 1 aromatic rings. The van der Waals surface area contributed by atoms with Gasteiger partial charge in [0.2, 0.25) is 0 Å². The Morgan fingerprint density at radius 3 is 2.94 bits per heavy atom. The Morgan fingerprint density at radius 1 is 1.44 bits per heavy atom. The second-order valence-corrected chi connectivity index (χ2v) is 5.77. The zero-order chi connectivity index (χ0) is 13.1. The van der Waals surface area contributed by atoms with E-state index in [0.717, 1.165) is 31.2 Å². The molecular formula is C14H17BrFNO. The van der Waals surface area contributed by atoms with E-state index in [1.165, 1.54) is 6.07 Å². The molecule has 0 aromatic heterocycles. The molecule has 1 aliphatic carbocycles. The summed E-state index contributed by atoms with van der Waals surface area (Å²) < 4.78 is 13.8. The molecule has 98 valence electrons. The van der Waals surface area contributed by atoms with Gasteiger partial charge in [0, 0.05) is 18.4 Å². The zero-order valence-electron chi connectivity index (χ0n) is 10.2. The number of rotatable bonds is 3. The van der Waals surface area contributed by atoms with Gasteiger partial charge >= 0.3 is 0 Å². The van der Waals surface area contributed by atoms with E-state index in [1.807, 2.05) is 0 Å². The molecule has 0 saturated heterocycles. The topological polar surface area (TPSA) is 43.1 Å². The molecule has 1 saturated carbocycles. The van der Waals surface area contributed by atoms with Crippen LogP contribution in [-0.2, 0) is 11.2 Å². The summed E-state index contributed by atoms with van der Waals surface area (Å²) in [6.07, 6.45) is 4.00. The average molecular weight is 314 g/mol. The van der Waals surface area contributed by atoms with Crippen molar-refractivity contribution < 1.29 is 9.18 Å². The first-order chi connectivity index (χ1) is 8.58. The molecule has 18 heavy (non-hydrogen) atoms. The van der Waals surface area contributed by atoms with Crippen molar-refractivity contribution in [3.63, 3.8) is 0 Å². The Labute approximate surface area is 115 Å². The third kappa shape index (κ3) is 3.18. The van der Waals surface area contributed by atoms with Crippen LogP contribution in [0.2, 0.25) is 0 Å². The minimum atomic E-state index is -0.319. The van der Waals surface area contributed by atoms with Gasteiger partial charge in [-0.05, 0) is 46.8 Å². The van der Waals surface area contributed by atoms with Gasteiger partial charge in [0.15, 0.2) is 0 Å². The molecule has 0 heterocycles. The minimum absolute atomic E-state index is 0.0453. The second kappa shape index (κ2) is 5.93. The predicted octanol–water partition coefficient (Wildman–Crippen LogP) is 3.22. The Hall–Kier alpha value is -0.740. The first kappa shape index (κ1) is 13.7. The van der Waals surface area contributed by atoms with Crippen LogP contribution in [0.4, 0.5) is 4.39 Å². The summed E-state index contributed by atoms with van der Waals surface area (Å²) in [5.41, 5.74) is 6.61. The number of carbonyl (C=O) groups is 1. The lowest BCUT2D eigenvalue weighted by Crippen LogP contribution is -2.32. The van der Waals surface area contributed by atoms with Crippen LogP contribution in [0.25, 0.3) is 0 Å². The number of halogens is 2. The van der Waals surface area contributed by atoms with E-state index in [1.54, 1.807) is 12.1 Å². The van der Waals surface area contributed by atoms with Crippen LogP contribution in [0.3, 0.4) is 0 Å². The fraction of sp³-hybridized carbons (Fsp3) is 0.500. The monoisotopic (exact) mass is 313 g/mol. The first-order valence-corrected chi connectivity index (χ1v) is 7.08. The highest BCUT2D eigenvalue weighted by molar-refractivity contribution is 9.10. The molecule has 1 aliphatic rings. The summed E-state index contributed by atoms with van der Waals surface area (Å²) in [6, 6.07) is 4.95. The van der Waals surface area contributed by atoms with Gasteiger partial charge in [-0.1, -0.05) is 18.6 Å². The van der Waals surface area contributed by atoms with Gasteiger partial charge in [-0.2, -0.15) is 0 Å². The van der Waals surface area contributed by atoms with Crippen molar-refractivity contribution in [3.8, 4) is 0 Å². The molecule has 0 radical (unpaired) electrons. The van der Waals surface area contributed by atoms with E-state index in [2.05, 4.69) is 15.9 Å². The molecule has 0 amide bonds. The fourth-order valence-corrected chi connectivity index (χ4v) is 2.94. The molecule has 2 atom stereocenters. The van der Waals surface area contributed by atoms with Crippen LogP contribution in [0.1, 0.15) is 31.2 Å². The quantitative estimate of drug-likeness (QED) is 0.931. The molecule has 2 unspecified atom stereocenters. The molecule has 2 N–H and O–H groups in total. The molecule has 1 fully saturated rings. The molecule has 2 rings (SSSR count). The summed E-state index contributed by atoms with van der Waals surface area (Å²) in [5.74, 6) is -0.0963. The number of ketones is 1. The van der Waals surface area contributed by atoms with E-state index in [-0.39, 0.29) is 30.0 Å². The first-order valence-electron chi connectivity index (χ1n) is 6.29. The van der Waals surface area contributed by atoms with Crippen molar-refractivity contribution in [2.75, 3.05) is 0 Å². The van der Waals surface area contributed by atoms with Crippen LogP contribution < -0.4 is 5.73 Å². The van der Waals surface area contributed by atoms with Gasteiger partial charge in [0.1, 0.15) is 11.6 Å². The molecule has 0 bridgehead atoms. The van der Waals surface area contributed by atoms with Crippen molar-refractivity contribution in [1.82, 2.24) is 0 Å². The third-order valence-corrected chi connectivity index (χ3v) is 4.45. The third-order valence-electron chi connectivity index (χ3n) is 3.57. The average Bonchev–Trinajstić information content (AvgIpc) is 2.35. The van der Waals surface area contributed by atoms with Gasteiger partial charge in [-0.3, -0.25) is 4.79 Å². The summed E-state index contributed by atoms with van der Waals surface area (Å²) in [4.78, 5) is 12.2. The van der Waals surface area contributed by atoms with E-state index in [4.69, 9.17) is 5.73 Å². The molecule has 4 heteroatoms. The van der Waals surface area contributed by atoms with Gasteiger partial charge in [0.05, 0.1) is 4.47 Å². The summed E-state index contributed by atoms with van der Waals surface area (Å²) in [5, 5.41) is 0. The van der Waals surface area contributed by atoms with Crippen molar-refractivity contribution in [2.45, 2.75) is 38.1 Å². The number of hydrogen-bond acceptors (Lipinski definition) is 2. The number of nitrogens with two attached hydrogens (primary N) is 1. The Balaban J connectivity index is 2.04. The van der Waals surface area contributed by atoms with E-state index < -0.39 is 0 Å². The second-order valence-electron chi connectivity index (χ2n) is 4.98. The van der Waals surface area contributed by atoms with Crippen molar-refractivity contribution in [3.05, 3.63) is 34.1 Å². The lowest BCUT2D eigenvalue weighted by molar-refractivity contribution is -0.123. The van der Waals surface area contributed by atoms with Gasteiger partial charge < -0.3 is 5.73 Å². The zero-order valence-corrected chi connectivity index (χ0v) is 11.7. The smallest absolute Gasteiger partial charge is 0.140 e. The lowest BCUT2D eigenvalue weighted by atomic mass is 9.82. The number of carbonyl (C=O) groups excluding carboxylic acids is 1. The largest absolute Gasteiger partial charge is 0.328 e. The molecule has 1 aromatic carbocycles. The van der Waals surface area contributed by atoms with Crippen LogP contribution >= 0.6 is 15.9 Å². The maximum Gasteiger partial charge on any atom is 0.140 e. The SMILES string of the molecule is NC1CCCC(C(=O)Cc2cccc(F)c2Br)C1. The van der Waals surface area contributed by atoms with Crippen LogP contribution in [0.15, 0.2) is 22.7 Å². The Morgan fingerprint density at radius 2 is 2.22 bits per heavy atom.